The molecule has 3 atom stereocenters. The average molecular weight is 396 g/mol. The molecule has 6 nitrogen and oxygen atoms in total. The first-order valence-corrected chi connectivity index (χ1v) is 9.95. The van der Waals surface area contributed by atoms with Gasteiger partial charge in [-0.1, -0.05) is 18.7 Å². The van der Waals surface area contributed by atoms with Crippen molar-refractivity contribution in [3.63, 3.8) is 0 Å². The average Bonchev–Trinajstić information content (AvgIpc) is 2.55. The minimum absolute atomic E-state index is 0.0664. The maximum atomic E-state index is 14.8. The van der Waals surface area contributed by atoms with Crippen LogP contribution in [0.3, 0.4) is 0 Å². The lowest BCUT2D eigenvalue weighted by Gasteiger charge is -2.47. The Morgan fingerprint density at radius 1 is 1.48 bits per heavy atom. The molecule has 27 heavy (non-hydrogen) atoms. The van der Waals surface area contributed by atoms with Gasteiger partial charge in [0.2, 0.25) is 0 Å². The van der Waals surface area contributed by atoms with Crippen LogP contribution < -0.4 is 11.1 Å². The lowest BCUT2D eigenvalue weighted by atomic mass is 9.72. The molecule has 148 valence electrons. The second-order valence-corrected chi connectivity index (χ2v) is 9.13. The number of benzene rings is 1. The van der Waals surface area contributed by atoms with Crippen LogP contribution in [0.4, 0.5) is 14.9 Å². The van der Waals surface area contributed by atoms with Crippen LogP contribution in [0.1, 0.15) is 33.3 Å². The SMILES string of the molecule is C[C@H]1COC[C@]2(c3cc(N)ccc3F)N=C(NC(=O)OC(C)(C)C)SC[C@H]12. The number of nitrogen functional groups attached to an aromatic ring is 1. The van der Waals surface area contributed by atoms with Crippen molar-refractivity contribution in [2.45, 2.75) is 38.8 Å². The van der Waals surface area contributed by atoms with Crippen molar-refractivity contribution in [1.29, 1.82) is 0 Å². The van der Waals surface area contributed by atoms with Gasteiger partial charge in [-0.3, -0.25) is 5.32 Å². The molecule has 0 bridgehead atoms. The van der Waals surface area contributed by atoms with E-state index < -0.39 is 17.2 Å². The van der Waals surface area contributed by atoms with Gasteiger partial charge >= 0.3 is 6.09 Å². The molecule has 0 spiro atoms. The van der Waals surface area contributed by atoms with Crippen molar-refractivity contribution in [2.24, 2.45) is 16.8 Å². The summed E-state index contributed by atoms with van der Waals surface area (Å²) >= 11 is 1.44. The lowest BCUT2D eigenvalue weighted by molar-refractivity contribution is -0.0341. The summed E-state index contributed by atoms with van der Waals surface area (Å²) in [7, 11) is 0. The minimum atomic E-state index is -0.924. The molecule has 1 saturated heterocycles. The zero-order valence-electron chi connectivity index (χ0n) is 16.0. The number of nitrogens with one attached hydrogen (secondary N) is 1. The normalized spacial score (nSPS) is 28.1. The molecule has 2 heterocycles. The summed E-state index contributed by atoms with van der Waals surface area (Å²) in [5, 5.41) is 3.10. The summed E-state index contributed by atoms with van der Waals surface area (Å²) in [4.78, 5) is 16.9. The maximum Gasteiger partial charge on any atom is 0.413 e. The number of hydrogen-bond acceptors (Lipinski definition) is 6. The second kappa shape index (κ2) is 7.31. The van der Waals surface area contributed by atoms with E-state index in [1.165, 1.54) is 23.9 Å². The van der Waals surface area contributed by atoms with Crippen LogP contribution in [0.15, 0.2) is 23.2 Å². The van der Waals surface area contributed by atoms with Crippen molar-refractivity contribution in [3.8, 4) is 0 Å². The molecule has 3 rings (SSSR count). The molecule has 8 heteroatoms. The molecular weight excluding hydrogens is 369 g/mol. The Morgan fingerprint density at radius 2 is 2.22 bits per heavy atom. The van der Waals surface area contributed by atoms with Crippen LogP contribution in [0.5, 0.6) is 0 Å². The van der Waals surface area contributed by atoms with E-state index in [1.54, 1.807) is 26.8 Å². The van der Waals surface area contributed by atoms with Crippen molar-refractivity contribution in [1.82, 2.24) is 5.32 Å². The molecule has 1 aromatic rings. The van der Waals surface area contributed by atoms with Crippen LogP contribution in [-0.4, -0.2) is 35.8 Å². The molecule has 0 unspecified atom stereocenters. The molecule has 1 aromatic carbocycles. The predicted octanol–water partition coefficient (Wildman–Crippen LogP) is 3.51. The number of halogens is 1. The van der Waals surface area contributed by atoms with Gasteiger partial charge in [0.05, 0.1) is 6.61 Å². The van der Waals surface area contributed by atoms with Crippen LogP contribution >= 0.6 is 11.8 Å². The third-order valence-electron chi connectivity index (χ3n) is 4.77. The molecule has 0 radical (unpaired) electrons. The zero-order chi connectivity index (χ0) is 19.8. The number of thioether (sulfide) groups is 1. The number of ether oxygens (including phenoxy) is 2. The molecule has 1 fully saturated rings. The van der Waals surface area contributed by atoms with Crippen molar-refractivity contribution >= 4 is 28.7 Å². The molecule has 0 saturated carbocycles. The summed E-state index contributed by atoms with van der Waals surface area (Å²) in [6, 6.07) is 4.50. The van der Waals surface area contributed by atoms with E-state index in [2.05, 4.69) is 12.2 Å². The number of amidine groups is 1. The highest BCUT2D eigenvalue weighted by atomic mass is 32.2. The molecular formula is C19H26FN3O3S. The van der Waals surface area contributed by atoms with Crippen molar-refractivity contribution < 1.29 is 18.7 Å². The van der Waals surface area contributed by atoms with E-state index in [9.17, 15) is 9.18 Å². The molecule has 0 aliphatic carbocycles. The Morgan fingerprint density at radius 3 is 2.93 bits per heavy atom. The summed E-state index contributed by atoms with van der Waals surface area (Å²) in [6.07, 6.45) is -0.583. The fraction of sp³-hybridized carbons (Fsp3) is 0.579. The third kappa shape index (κ3) is 4.21. The number of carbonyl (C=O) groups excluding carboxylic acids is 1. The summed E-state index contributed by atoms with van der Waals surface area (Å²) in [5.41, 5.74) is 5.25. The number of amides is 1. The largest absolute Gasteiger partial charge is 0.444 e. The Hall–Kier alpha value is -1.80. The monoisotopic (exact) mass is 395 g/mol. The fourth-order valence-electron chi connectivity index (χ4n) is 3.56. The van der Waals surface area contributed by atoms with Gasteiger partial charge in [-0.05, 0) is 44.9 Å². The highest BCUT2D eigenvalue weighted by Crippen LogP contribution is 2.47. The van der Waals surface area contributed by atoms with E-state index >= 15 is 0 Å². The fourth-order valence-corrected chi connectivity index (χ4v) is 4.89. The number of fused-ring (bicyclic) bond motifs is 1. The number of nitrogens with zero attached hydrogens (tertiary/aromatic N) is 1. The van der Waals surface area contributed by atoms with E-state index in [0.717, 1.165) is 0 Å². The van der Waals surface area contributed by atoms with Gasteiger partial charge < -0.3 is 15.2 Å². The van der Waals surface area contributed by atoms with E-state index in [1.807, 2.05) is 0 Å². The van der Waals surface area contributed by atoms with Gasteiger partial charge in [0.25, 0.3) is 0 Å². The quantitative estimate of drug-likeness (QED) is 0.711. The number of nitrogens with two attached hydrogens (primary N) is 1. The van der Waals surface area contributed by atoms with Crippen molar-refractivity contribution in [2.75, 3.05) is 24.7 Å². The first-order chi connectivity index (χ1) is 12.6. The van der Waals surface area contributed by atoms with Gasteiger partial charge in [-0.25, -0.2) is 14.2 Å². The number of aliphatic imine (C=N–C) groups is 1. The first-order valence-electron chi connectivity index (χ1n) is 8.96. The summed E-state index contributed by atoms with van der Waals surface area (Å²) in [6.45, 7) is 8.28. The third-order valence-corrected chi connectivity index (χ3v) is 5.76. The standard InChI is InChI=1S/C19H26FN3O3S/c1-11-8-25-10-19(13-7-12(21)5-6-15(13)20)14(11)9-27-16(23-19)22-17(24)26-18(2,3)4/h5-7,11,14H,8-10,21H2,1-4H3,(H,22,23,24)/t11-,14+,19+/m0/s1. The van der Waals surface area contributed by atoms with Gasteiger partial charge in [-0.2, -0.15) is 0 Å². The van der Waals surface area contributed by atoms with Gasteiger partial charge in [0.1, 0.15) is 17.0 Å². The number of alkyl carbamates (subject to hydrolysis) is 1. The van der Waals surface area contributed by atoms with Gasteiger partial charge in [0, 0.05) is 29.5 Å². The smallest absolute Gasteiger partial charge is 0.413 e. The molecule has 0 aromatic heterocycles. The molecule has 2 aliphatic heterocycles. The van der Waals surface area contributed by atoms with Crippen LogP contribution in [0.2, 0.25) is 0 Å². The van der Waals surface area contributed by atoms with E-state index in [4.69, 9.17) is 20.2 Å². The number of rotatable bonds is 1. The summed E-state index contributed by atoms with van der Waals surface area (Å²) < 4.78 is 25.8. The van der Waals surface area contributed by atoms with Crippen molar-refractivity contribution in [3.05, 3.63) is 29.6 Å². The Kier molecular flexibility index (Phi) is 5.40. The second-order valence-electron chi connectivity index (χ2n) is 8.12. The Bertz CT molecular complexity index is 765. The summed E-state index contributed by atoms with van der Waals surface area (Å²) in [5.74, 6) is 0.572. The minimum Gasteiger partial charge on any atom is -0.444 e. The topological polar surface area (TPSA) is 85.9 Å². The highest BCUT2D eigenvalue weighted by Gasteiger charge is 2.50. The number of carbonyl (C=O) groups is 1. The van der Waals surface area contributed by atoms with E-state index in [-0.39, 0.29) is 24.3 Å². The Balaban J connectivity index is 1.99. The van der Waals surface area contributed by atoms with Crippen LogP contribution in [0, 0.1) is 17.7 Å². The van der Waals surface area contributed by atoms with Crippen LogP contribution in [-0.2, 0) is 15.0 Å². The molecule has 1 amide bonds. The first kappa shape index (κ1) is 19.9. The number of hydrogen-bond donors (Lipinski definition) is 2. The van der Waals surface area contributed by atoms with E-state index in [0.29, 0.717) is 28.8 Å². The Labute approximate surface area is 163 Å². The number of anilines is 1. The molecule has 2 aliphatic rings. The predicted molar refractivity (Wildman–Crippen MR) is 105 cm³/mol. The van der Waals surface area contributed by atoms with Crippen LogP contribution in [0.25, 0.3) is 0 Å². The maximum absolute atomic E-state index is 14.8. The van der Waals surface area contributed by atoms with Gasteiger partial charge in [-0.15, -0.1) is 0 Å². The zero-order valence-corrected chi connectivity index (χ0v) is 16.9. The van der Waals surface area contributed by atoms with Gasteiger partial charge in [0.15, 0.2) is 5.17 Å². The highest BCUT2D eigenvalue weighted by molar-refractivity contribution is 8.13. The molecule has 3 N–H and O–H groups in total. The lowest BCUT2D eigenvalue weighted by Crippen LogP contribution is -2.52.